The van der Waals surface area contributed by atoms with Gasteiger partial charge in [-0.1, -0.05) is 18.9 Å². The van der Waals surface area contributed by atoms with Crippen molar-refractivity contribution < 1.29 is 38.2 Å². The van der Waals surface area contributed by atoms with E-state index in [0.717, 1.165) is 19.5 Å². The third kappa shape index (κ3) is 6.92. The standard InChI is InChI=1S/C28H28NO9P/c1-39(35,36)37-13-5-3-2-4-12-29-27(32)17-6-9-20(23(14-17)28(33)34)26-21-10-7-18(30)15-24(21)38-25-16-19(31)8-11-22(25)26/h6-11,14-16,30H,2-5,12-13H2,1H3,(H,29,32)(H,33,34)(H,35,36). The van der Waals surface area contributed by atoms with Gasteiger partial charge < -0.3 is 29.4 Å². The maximum absolute atomic E-state index is 12.8. The highest BCUT2D eigenvalue weighted by atomic mass is 31.2. The summed E-state index contributed by atoms with van der Waals surface area (Å²) in [7, 11) is -3.46. The Balaban J connectivity index is 1.56. The molecule has 0 spiro atoms. The Kier molecular flexibility index (Phi) is 8.50. The summed E-state index contributed by atoms with van der Waals surface area (Å²) >= 11 is 0. The van der Waals surface area contributed by atoms with Gasteiger partial charge in [0, 0.05) is 47.4 Å². The van der Waals surface area contributed by atoms with Gasteiger partial charge in [0.25, 0.3) is 5.91 Å². The van der Waals surface area contributed by atoms with Crippen LogP contribution in [0.3, 0.4) is 0 Å². The molecule has 1 aliphatic heterocycles. The Labute approximate surface area is 223 Å². The summed E-state index contributed by atoms with van der Waals surface area (Å²) in [5.41, 5.74) is 1.41. The van der Waals surface area contributed by atoms with Gasteiger partial charge in [0.2, 0.25) is 0 Å². The van der Waals surface area contributed by atoms with Crippen LogP contribution in [0.1, 0.15) is 46.4 Å². The van der Waals surface area contributed by atoms with Gasteiger partial charge in [0.05, 0.1) is 12.2 Å². The third-order valence-corrected chi connectivity index (χ3v) is 6.81. The first-order chi connectivity index (χ1) is 18.5. The van der Waals surface area contributed by atoms with E-state index in [1.807, 2.05) is 0 Å². The predicted octanol–water partition coefficient (Wildman–Crippen LogP) is 5.09. The molecule has 2 aromatic carbocycles. The number of unbranched alkanes of at least 4 members (excludes halogenated alkanes) is 3. The number of phenolic OH excluding ortho intramolecular Hbond substituents is 1. The average molecular weight is 554 g/mol. The number of aromatic hydroxyl groups is 1. The van der Waals surface area contributed by atoms with Crippen molar-refractivity contribution in [3.8, 4) is 28.2 Å². The van der Waals surface area contributed by atoms with E-state index in [1.54, 1.807) is 18.2 Å². The Hall–Kier alpha value is -3.98. The number of fused-ring (bicyclic) bond motifs is 2. The minimum atomic E-state index is -3.46. The predicted molar refractivity (Wildman–Crippen MR) is 146 cm³/mol. The van der Waals surface area contributed by atoms with E-state index in [0.29, 0.717) is 41.5 Å². The SMILES string of the molecule is CP(=O)(O)OCCCCCCNC(=O)c1ccc(-c2c3ccc(=O)cc-3oc3cc(O)ccc23)c(C(=O)O)c1. The minimum absolute atomic E-state index is 0.0504. The van der Waals surface area contributed by atoms with Crippen molar-refractivity contribution in [2.75, 3.05) is 19.8 Å². The number of carbonyl (C=O) groups excluding carboxylic acids is 1. The smallest absolute Gasteiger partial charge is 0.336 e. The van der Waals surface area contributed by atoms with E-state index in [-0.39, 0.29) is 40.3 Å². The normalized spacial score (nSPS) is 12.9. The molecule has 1 aliphatic carbocycles. The molecule has 2 aliphatic rings. The van der Waals surface area contributed by atoms with Crippen LogP contribution in [-0.2, 0) is 9.09 Å². The van der Waals surface area contributed by atoms with Crippen LogP contribution in [0, 0.1) is 0 Å². The molecular formula is C28H28NO9P. The fourth-order valence-corrected chi connectivity index (χ4v) is 4.82. The highest BCUT2D eigenvalue weighted by molar-refractivity contribution is 7.51. The third-order valence-electron chi connectivity index (χ3n) is 6.15. The molecule has 11 heteroatoms. The Bertz CT molecular complexity index is 1600. The molecule has 10 nitrogen and oxygen atoms in total. The van der Waals surface area contributed by atoms with E-state index >= 15 is 0 Å². The van der Waals surface area contributed by atoms with Crippen LogP contribution in [0.15, 0.2) is 63.8 Å². The minimum Gasteiger partial charge on any atom is -0.508 e. The summed E-state index contributed by atoms with van der Waals surface area (Å²) in [4.78, 5) is 46.1. The molecule has 204 valence electrons. The van der Waals surface area contributed by atoms with Crippen LogP contribution in [0.2, 0.25) is 0 Å². The summed E-state index contributed by atoms with van der Waals surface area (Å²) in [5, 5.41) is 23.3. The zero-order valence-corrected chi connectivity index (χ0v) is 22.1. The summed E-state index contributed by atoms with van der Waals surface area (Å²) < 4.78 is 21.7. The maximum Gasteiger partial charge on any atom is 0.336 e. The highest BCUT2D eigenvalue weighted by Crippen LogP contribution is 2.42. The molecule has 1 heterocycles. The van der Waals surface area contributed by atoms with Crippen LogP contribution in [0.25, 0.3) is 33.4 Å². The van der Waals surface area contributed by atoms with E-state index in [9.17, 15) is 29.2 Å². The first-order valence-corrected chi connectivity index (χ1v) is 14.4. The molecule has 1 amide bonds. The fourth-order valence-electron chi connectivity index (χ4n) is 4.35. The number of benzene rings is 3. The lowest BCUT2D eigenvalue weighted by molar-refractivity contribution is 0.0697. The van der Waals surface area contributed by atoms with Gasteiger partial charge in [-0.2, -0.15) is 0 Å². The molecule has 0 fully saturated rings. The molecule has 4 rings (SSSR count). The second-order valence-electron chi connectivity index (χ2n) is 9.19. The molecule has 1 unspecified atom stereocenters. The van der Waals surface area contributed by atoms with Crippen LogP contribution in [-0.4, -0.2) is 46.8 Å². The maximum atomic E-state index is 12.8. The van der Waals surface area contributed by atoms with Gasteiger partial charge in [-0.3, -0.25) is 14.2 Å². The molecule has 39 heavy (non-hydrogen) atoms. The summed E-state index contributed by atoms with van der Waals surface area (Å²) in [6, 6.07) is 13.1. The number of rotatable bonds is 11. The molecular weight excluding hydrogens is 525 g/mol. The number of hydrogen-bond acceptors (Lipinski definition) is 7. The van der Waals surface area contributed by atoms with Crippen molar-refractivity contribution in [1.82, 2.24) is 5.32 Å². The van der Waals surface area contributed by atoms with Crippen LogP contribution in [0.4, 0.5) is 0 Å². The monoisotopic (exact) mass is 553 g/mol. The van der Waals surface area contributed by atoms with Crippen LogP contribution < -0.4 is 10.7 Å². The van der Waals surface area contributed by atoms with Gasteiger partial charge in [-0.25, -0.2) is 4.79 Å². The number of nitrogens with one attached hydrogen (secondary N) is 1. The number of hydrogen-bond donors (Lipinski definition) is 4. The van der Waals surface area contributed by atoms with Gasteiger partial charge in [0.1, 0.15) is 17.1 Å². The van der Waals surface area contributed by atoms with Gasteiger partial charge in [-0.15, -0.1) is 0 Å². The number of carbonyl (C=O) groups is 2. The lowest BCUT2D eigenvalue weighted by Crippen LogP contribution is -2.24. The van der Waals surface area contributed by atoms with Crippen molar-refractivity contribution >= 4 is 30.4 Å². The molecule has 2 aromatic rings. The first-order valence-electron chi connectivity index (χ1n) is 12.3. The molecule has 0 saturated heterocycles. The lowest BCUT2D eigenvalue weighted by atomic mass is 9.90. The second-order valence-corrected chi connectivity index (χ2v) is 11.1. The molecule has 0 radical (unpaired) electrons. The number of carboxylic acid groups (broad SMARTS) is 1. The molecule has 0 bridgehead atoms. The molecule has 0 saturated carbocycles. The number of phenols is 1. The zero-order valence-electron chi connectivity index (χ0n) is 21.2. The van der Waals surface area contributed by atoms with Crippen molar-refractivity contribution in [2.45, 2.75) is 25.7 Å². The van der Waals surface area contributed by atoms with Crippen molar-refractivity contribution in [3.05, 3.63) is 75.9 Å². The van der Waals surface area contributed by atoms with Gasteiger partial charge in [-0.05, 0) is 54.8 Å². The lowest BCUT2D eigenvalue weighted by Gasteiger charge is -2.17. The Morgan fingerprint density at radius 3 is 2.46 bits per heavy atom. The average Bonchev–Trinajstić information content (AvgIpc) is 2.87. The summed E-state index contributed by atoms with van der Waals surface area (Å²) in [5.74, 6) is -1.47. The van der Waals surface area contributed by atoms with Crippen molar-refractivity contribution in [2.24, 2.45) is 0 Å². The molecule has 0 aromatic heterocycles. The molecule has 4 N–H and O–H groups in total. The summed E-state index contributed by atoms with van der Waals surface area (Å²) in [6.07, 6.45) is 2.85. The Morgan fingerprint density at radius 2 is 1.72 bits per heavy atom. The van der Waals surface area contributed by atoms with E-state index < -0.39 is 19.5 Å². The Morgan fingerprint density at radius 1 is 0.974 bits per heavy atom. The van der Waals surface area contributed by atoms with Gasteiger partial charge >= 0.3 is 13.6 Å². The van der Waals surface area contributed by atoms with Crippen molar-refractivity contribution in [3.63, 3.8) is 0 Å². The first kappa shape index (κ1) is 28.0. The second kappa shape index (κ2) is 11.8. The number of carboxylic acids is 1. The largest absolute Gasteiger partial charge is 0.508 e. The highest BCUT2D eigenvalue weighted by Gasteiger charge is 2.23. The van der Waals surface area contributed by atoms with Crippen LogP contribution >= 0.6 is 7.60 Å². The van der Waals surface area contributed by atoms with Crippen molar-refractivity contribution in [1.29, 1.82) is 0 Å². The quantitative estimate of drug-likeness (QED) is 0.112. The van der Waals surface area contributed by atoms with E-state index in [1.165, 1.54) is 36.4 Å². The zero-order chi connectivity index (χ0) is 28.2. The van der Waals surface area contributed by atoms with Gasteiger partial charge in [0.15, 0.2) is 5.43 Å². The number of amides is 1. The fraction of sp³-hybridized carbons (Fsp3) is 0.250. The van der Waals surface area contributed by atoms with E-state index in [2.05, 4.69) is 5.32 Å². The topological polar surface area (TPSA) is 163 Å². The van der Waals surface area contributed by atoms with E-state index in [4.69, 9.17) is 13.8 Å². The van der Waals surface area contributed by atoms with Crippen LogP contribution in [0.5, 0.6) is 5.75 Å². The molecule has 1 atom stereocenters. The number of aromatic carboxylic acids is 1. The summed E-state index contributed by atoms with van der Waals surface area (Å²) in [6.45, 7) is 1.72.